The number of amides is 1. The van der Waals surface area contributed by atoms with Gasteiger partial charge in [0.1, 0.15) is 0 Å². The first-order valence-electron chi connectivity index (χ1n) is 6.43. The molecule has 6 nitrogen and oxygen atoms in total. The van der Waals surface area contributed by atoms with Crippen molar-refractivity contribution in [1.82, 2.24) is 9.62 Å². The third-order valence-corrected chi connectivity index (χ3v) is 5.51. The Bertz CT molecular complexity index is 646. The molecule has 1 aromatic carbocycles. The van der Waals surface area contributed by atoms with E-state index in [0.717, 1.165) is 0 Å². The van der Waals surface area contributed by atoms with Gasteiger partial charge in [-0.15, -0.1) is 0 Å². The Morgan fingerprint density at radius 3 is 2.57 bits per heavy atom. The summed E-state index contributed by atoms with van der Waals surface area (Å²) in [5.41, 5.74) is 6.61. The summed E-state index contributed by atoms with van der Waals surface area (Å²) in [6, 6.07) is 2.17. The first-order valence-corrected chi connectivity index (χ1v) is 8.70. The molecule has 0 aliphatic rings. The number of sulfonamides is 1. The largest absolute Gasteiger partial charge is 0.398 e. The number of nitrogens with zero attached hydrogens (tertiary/aromatic N) is 1. The van der Waals surface area contributed by atoms with Gasteiger partial charge in [-0.1, -0.05) is 0 Å². The molecule has 1 aromatic rings. The molecule has 0 heterocycles. The predicted octanol–water partition coefficient (Wildman–Crippen LogP) is 1.48. The van der Waals surface area contributed by atoms with Crippen molar-refractivity contribution in [2.45, 2.75) is 31.7 Å². The van der Waals surface area contributed by atoms with Crippen molar-refractivity contribution >= 4 is 37.5 Å². The Morgan fingerprint density at radius 2 is 2.05 bits per heavy atom. The van der Waals surface area contributed by atoms with Crippen molar-refractivity contribution in [3.63, 3.8) is 0 Å². The molecule has 0 aromatic heterocycles. The SMILES string of the molecule is CCN(C)C(=O)C(C)NS(=O)(=O)c1cc(N)c(Br)cc1C. The maximum atomic E-state index is 12.4. The zero-order valence-electron chi connectivity index (χ0n) is 12.5. The summed E-state index contributed by atoms with van der Waals surface area (Å²) in [7, 11) is -2.19. The number of likely N-dealkylation sites (N-methyl/N-ethyl adjacent to an activating group) is 1. The molecule has 0 saturated heterocycles. The van der Waals surface area contributed by atoms with E-state index in [1.807, 2.05) is 6.92 Å². The summed E-state index contributed by atoms with van der Waals surface area (Å²) in [6.45, 7) is 5.51. The number of hydrogen-bond donors (Lipinski definition) is 2. The molecular formula is C13H20BrN3O3S. The number of nitrogens with one attached hydrogen (secondary N) is 1. The minimum Gasteiger partial charge on any atom is -0.398 e. The van der Waals surface area contributed by atoms with E-state index in [-0.39, 0.29) is 10.8 Å². The number of nitrogen functional groups attached to an aromatic ring is 1. The number of carbonyl (C=O) groups excluding carboxylic acids is 1. The van der Waals surface area contributed by atoms with E-state index in [0.29, 0.717) is 22.3 Å². The first kappa shape index (κ1) is 17.9. The zero-order valence-corrected chi connectivity index (χ0v) is 14.9. The van der Waals surface area contributed by atoms with Gasteiger partial charge >= 0.3 is 0 Å². The fourth-order valence-electron chi connectivity index (χ4n) is 1.79. The molecule has 8 heteroatoms. The minimum absolute atomic E-state index is 0.0713. The van der Waals surface area contributed by atoms with Crippen LogP contribution in [0.3, 0.4) is 0 Å². The van der Waals surface area contributed by atoms with Crippen LogP contribution in [0.4, 0.5) is 5.69 Å². The third kappa shape index (κ3) is 4.18. The number of anilines is 1. The van der Waals surface area contributed by atoms with Gasteiger partial charge in [-0.25, -0.2) is 8.42 Å². The van der Waals surface area contributed by atoms with Gasteiger partial charge in [-0.05, 0) is 54.4 Å². The van der Waals surface area contributed by atoms with Gasteiger partial charge in [0.2, 0.25) is 15.9 Å². The van der Waals surface area contributed by atoms with Gasteiger partial charge in [0, 0.05) is 23.8 Å². The maximum Gasteiger partial charge on any atom is 0.241 e. The molecule has 1 amide bonds. The highest BCUT2D eigenvalue weighted by Gasteiger charge is 2.25. The van der Waals surface area contributed by atoms with E-state index in [1.165, 1.54) is 17.9 Å². The van der Waals surface area contributed by atoms with Crippen LogP contribution in [0.1, 0.15) is 19.4 Å². The summed E-state index contributed by atoms with van der Waals surface area (Å²) < 4.78 is 27.8. The van der Waals surface area contributed by atoms with Gasteiger partial charge in [-0.2, -0.15) is 4.72 Å². The summed E-state index contributed by atoms with van der Waals surface area (Å²) in [6.07, 6.45) is 0. The zero-order chi connectivity index (χ0) is 16.4. The highest BCUT2D eigenvalue weighted by molar-refractivity contribution is 9.10. The second-order valence-electron chi connectivity index (χ2n) is 4.83. The quantitative estimate of drug-likeness (QED) is 0.760. The average Bonchev–Trinajstić information content (AvgIpc) is 2.40. The van der Waals surface area contributed by atoms with E-state index in [2.05, 4.69) is 20.7 Å². The van der Waals surface area contributed by atoms with Crippen LogP contribution in [0.5, 0.6) is 0 Å². The second-order valence-corrected chi connectivity index (χ2v) is 7.37. The Morgan fingerprint density at radius 1 is 1.48 bits per heavy atom. The summed E-state index contributed by atoms with van der Waals surface area (Å²) in [5.74, 6) is -0.288. The normalized spacial score (nSPS) is 13.0. The number of hydrogen-bond acceptors (Lipinski definition) is 4. The van der Waals surface area contributed by atoms with E-state index in [1.54, 1.807) is 20.0 Å². The second kappa shape index (κ2) is 6.76. The fourth-order valence-corrected chi connectivity index (χ4v) is 3.71. The van der Waals surface area contributed by atoms with E-state index in [4.69, 9.17) is 5.73 Å². The van der Waals surface area contributed by atoms with Gasteiger partial charge < -0.3 is 10.6 Å². The molecule has 0 fully saturated rings. The van der Waals surface area contributed by atoms with Crippen molar-refractivity contribution in [2.24, 2.45) is 0 Å². The molecule has 0 saturated carbocycles. The van der Waals surface area contributed by atoms with Crippen molar-refractivity contribution in [1.29, 1.82) is 0 Å². The van der Waals surface area contributed by atoms with Gasteiger partial charge in [0.25, 0.3) is 0 Å². The molecule has 21 heavy (non-hydrogen) atoms. The lowest BCUT2D eigenvalue weighted by Crippen LogP contribution is -2.45. The van der Waals surface area contributed by atoms with Crippen LogP contribution in [0.15, 0.2) is 21.5 Å². The smallest absolute Gasteiger partial charge is 0.241 e. The van der Waals surface area contributed by atoms with E-state index >= 15 is 0 Å². The lowest BCUT2D eigenvalue weighted by molar-refractivity contribution is -0.131. The summed E-state index contributed by atoms with van der Waals surface area (Å²) >= 11 is 3.25. The standard InChI is InChI=1S/C13H20BrN3O3S/c1-5-17(4)13(18)9(3)16-21(19,20)12-7-11(15)10(14)6-8(12)2/h6-7,9,16H,5,15H2,1-4H3. The van der Waals surface area contributed by atoms with Crippen molar-refractivity contribution < 1.29 is 13.2 Å². The molecule has 0 spiro atoms. The Balaban J connectivity index is 3.08. The number of rotatable bonds is 5. The van der Waals surface area contributed by atoms with Crippen LogP contribution in [-0.4, -0.2) is 38.9 Å². The van der Waals surface area contributed by atoms with Crippen LogP contribution in [0.25, 0.3) is 0 Å². The van der Waals surface area contributed by atoms with Crippen LogP contribution in [-0.2, 0) is 14.8 Å². The van der Waals surface area contributed by atoms with Crippen molar-refractivity contribution in [3.8, 4) is 0 Å². The molecule has 118 valence electrons. The minimum atomic E-state index is -3.81. The number of nitrogens with two attached hydrogens (primary N) is 1. The lowest BCUT2D eigenvalue weighted by atomic mass is 10.2. The summed E-state index contributed by atoms with van der Waals surface area (Å²) in [4.78, 5) is 13.5. The molecule has 0 bridgehead atoms. The topological polar surface area (TPSA) is 92.5 Å². The number of halogens is 1. The Hall–Kier alpha value is -1.12. The molecule has 3 N–H and O–H groups in total. The monoisotopic (exact) mass is 377 g/mol. The lowest BCUT2D eigenvalue weighted by Gasteiger charge is -2.21. The Labute approximate surface area is 133 Å². The molecule has 1 unspecified atom stereocenters. The fraction of sp³-hybridized carbons (Fsp3) is 0.462. The number of aryl methyl sites for hydroxylation is 1. The number of benzene rings is 1. The summed E-state index contributed by atoms with van der Waals surface area (Å²) in [5, 5.41) is 0. The molecule has 1 atom stereocenters. The van der Waals surface area contributed by atoms with Crippen molar-refractivity contribution in [2.75, 3.05) is 19.3 Å². The highest BCUT2D eigenvalue weighted by Crippen LogP contribution is 2.26. The molecule has 0 aliphatic heterocycles. The van der Waals surface area contributed by atoms with Crippen molar-refractivity contribution in [3.05, 3.63) is 22.2 Å². The average molecular weight is 378 g/mol. The van der Waals surface area contributed by atoms with E-state index in [9.17, 15) is 13.2 Å². The Kier molecular flexibility index (Phi) is 5.77. The molecule has 0 aliphatic carbocycles. The van der Waals surface area contributed by atoms with Gasteiger partial charge in [0.05, 0.1) is 10.9 Å². The highest BCUT2D eigenvalue weighted by atomic mass is 79.9. The maximum absolute atomic E-state index is 12.4. The molecule has 0 radical (unpaired) electrons. The van der Waals surface area contributed by atoms with Gasteiger partial charge in [-0.3, -0.25) is 4.79 Å². The first-order chi connectivity index (χ1) is 9.60. The third-order valence-electron chi connectivity index (χ3n) is 3.14. The van der Waals surface area contributed by atoms with Crippen LogP contribution < -0.4 is 10.5 Å². The van der Waals surface area contributed by atoms with Gasteiger partial charge in [0.15, 0.2) is 0 Å². The number of carbonyl (C=O) groups is 1. The van der Waals surface area contributed by atoms with Crippen LogP contribution in [0, 0.1) is 6.92 Å². The van der Waals surface area contributed by atoms with Crippen LogP contribution >= 0.6 is 15.9 Å². The van der Waals surface area contributed by atoms with E-state index < -0.39 is 16.1 Å². The van der Waals surface area contributed by atoms with Crippen LogP contribution in [0.2, 0.25) is 0 Å². The predicted molar refractivity (Wildman–Crippen MR) is 86.4 cm³/mol. The molecular weight excluding hydrogens is 358 g/mol. The molecule has 1 rings (SSSR count).